The highest BCUT2D eigenvalue weighted by molar-refractivity contribution is 7.92. The summed E-state index contributed by atoms with van der Waals surface area (Å²) in [6.45, 7) is 3.63. The lowest BCUT2D eigenvalue weighted by Gasteiger charge is -2.21. The van der Waals surface area contributed by atoms with E-state index >= 15 is 0 Å². The summed E-state index contributed by atoms with van der Waals surface area (Å²) < 4.78 is 36.1. The van der Waals surface area contributed by atoms with E-state index < -0.39 is 28.4 Å². The maximum atomic E-state index is 12.3. The highest BCUT2D eigenvalue weighted by atomic mass is 32.2. The maximum absolute atomic E-state index is 12.3. The van der Waals surface area contributed by atoms with E-state index in [4.69, 9.17) is 9.15 Å². The molecule has 184 valence electrons. The van der Waals surface area contributed by atoms with Crippen molar-refractivity contribution in [3.05, 3.63) is 77.6 Å². The molecule has 2 aromatic carbocycles. The summed E-state index contributed by atoms with van der Waals surface area (Å²) in [4.78, 5) is 24.1. The first-order valence-corrected chi connectivity index (χ1v) is 12.8. The Labute approximate surface area is 204 Å². The third-order valence-electron chi connectivity index (χ3n) is 5.01. The third-order valence-corrected chi connectivity index (χ3v) is 6.15. The molecule has 3 rings (SSSR count). The van der Waals surface area contributed by atoms with Crippen LogP contribution in [-0.4, -0.2) is 45.9 Å². The van der Waals surface area contributed by atoms with Gasteiger partial charge >= 0.3 is 5.97 Å². The molecule has 0 saturated heterocycles. The second kappa shape index (κ2) is 11.5. The van der Waals surface area contributed by atoms with Gasteiger partial charge < -0.3 is 9.15 Å². The van der Waals surface area contributed by atoms with Crippen LogP contribution in [0.5, 0.6) is 0 Å². The van der Waals surface area contributed by atoms with Crippen LogP contribution in [0.4, 0.5) is 5.69 Å². The monoisotopic (exact) mass is 497 g/mol. The van der Waals surface area contributed by atoms with Gasteiger partial charge in [-0.2, -0.15) is 5.10 Å². The Hall–Kier alpha value is -3.92. The van der Waals surface area contributed by atoms with E-state index in [-0.39, 0.29) is 0 Å². The number of aryl methyl sites for hydroxylation is 1. The lowest BCUT2D eigenvalue weighted by Crippen LogP contribution is -2.39. The summed E-state index contributed by atoms with van der Waals surface area (Å²) >= 11 is 0. The minimum atomic E-state index is -3.68. The van der Waals surface area contributed by atoms with Gasteiger partial charge in [0.2, 0.25) is 10.0 Å². The minimum Gasteiger partial charge on any atom is -0.462 e. The van der Waals surface area contributed by atoms with Gasteiger partial charge in [0.15, 0.2) is 0 Å². The number of anilines is 1. The second-order valence-corrected chi connectivity index (χ2v) is 9.49. The Morgan fingerprint density at radius 3 is 2.31 bits per heavy atom. The minimum absolute atomic E-state index is 0.302. The number of benzene rings is 2. The topological polar surface area (TPSA) is 118 Å². The number of nitrogens with zero attached hydrogens (tertiary/aromatic N) is 2. The Balaban J connectivity index is 1.61. The van der Waals surface area contributed by atoms with Crippen LogP contribution in [0, 0.1) is 0 Å². The van der Waals surface area contributed by atoms with Gasteiger partial charge in [-0.1, -0.05) is 31.2 Å². The van der Waals surface area contributed by atoms with Crippen molar-refractivity contribution < 1.29 is 27.2 Å². The molecule has 9 nitrogen and oxygen atoms in total. The molecule has 0 saturated carbocycles. The van der Waals surface area contributed by atoms with Crippen LogP contribution in [0.25, 0.3) is 11.3 Å². The zero-order chi connectivity index (χ0) is 25.4. The van der Waals surface area contributed by atoms with Gasteiger partial charge in [0, 0.05) is 5.56 Å². The number of hydrogen-bond acceptors (Lipinski definition) is 7. The highest BCUT2D eigenvalue weighted by Gasteiger charge is 2.20. The summed E-state index contributed by atoms with van der Waals surface area (Å²) in [5.41, 5.74) is 4.97. The van der Waals surface area contributed by atoms with E-state index in [0.29, 0.717) is 29.4 Å². The lowest BCUT2D eigenvalue weighted by atomic mass is 10.1. The Bertz CT molecular complexity index is 1300. The molecule has 1 amide bonds. The van der Waals surface area contributed by atoms with Crippen LogP contribution in [0.3, 0.4) is 0 Å². The molecule has 0 aliphatic heterocycles. The molecule has 0 aliphatic rings. The van der Waals surface area contributed by atoms with Crippen LogP contribution in [-0.2, 0) is 26.0 Å². The smallest absolute Gasteiger partial charge is 0.338 e. The van der Waals surface area contributed by atoms with Crippen molar-refractivity contribution in [2.45, 2.75) is 20.3 Å². The van der Waals surface area contributed by atoms with Gasteiger partial charge in [-0.05, 0) is 55.3 Å². The highest BCUT2D eigenvalue weighted by Crippen LogP contribution is 2.22. The van der Waals surface area contributed by atoms with Crippen molar-refractivity contribution >= 4 is 33.8 Å². The number of esters is 1. The fraction of sp³-hybridized carbons (Fsp3) is 0.240. The van der Waals surface area contributed by atoms with Crippen LogP contribution < -0.4 is 9.73 Å². The zero-order valence-corrected chi connectivity index (χ0v) is 20.5. The number of hydrogen-bond donors (Lipinski definition) is 1. The van der Waals surface area contributed by atoms with Crippen molar-refractivity contribution in [2.75, 3.05) is 23.7 Å². The van der Waals surface area contributed by atoms with Crippen LogP contribution >= 0.6 is 0 Å². The molecule has 35 heavy (non-hydrogen) atoms. The Kier molecular flexibility index (Phi) is 8.43. The van der Waals surface area contributed by atoms with E-state index in [1.807, 2.05) is 19.1 Å². The van der Waals surface area contributed by atoms with Gasteiger partial charge in [0.25, 0.3) is 5.91 Å². The first-order chi connectivity index (χ1) is 16.7. The summed E-state index contributed by atoms with van der Waals surface area (Å²) in [5, 5.41) is 3.86. The van der Waals surface area contributed by atoms with E-state index in [2.05, 4.69) is 10.5 Å². The van der Waals surface area contributed by atoms with Crippen LogP contribution in [0.1, 0.15) is 35.5 Å². The van der Waals surface area contributed by atoms with E-state index in [9.17, 15) is 18.0 Å². The third kappa shape index (κ3) is 7.03. The summed E-state index contributed by atoms with van der Waals surface area (Å²) in [6.07, 6.45) is 3.18. The summed E-state index contributed by atoms with van der Waals surface area (Å²) in [6, 6.07) is 17.1. The molecular formula is C25H27N3O6S. The number of rotatable bonds is 10. The summed E-state index contributed by atoms with van der Waals surface area (Å²) in [7, 11) is -3.68. The zero-order valence-electron chi connectivity index (χ0n) is 19.7. The van der Waals surface area contributed by atoms with Crippen molar-refractivity contribution in [1.82, 2.24) is 5.43 Å². The van der Waals surface area contributed by atoms with Crippen LogP contribution in [0.2, 0.25) is 0 Å². The Morgan fingerprint density at radius 1 is 1.03 bits per heavy atom. The maximum Gasteiger partial charge on any atom is 0.338 e. The van der Waals surface area contributed by atoms with Gasteiger partial charge in [-0.15, -0.1) is 0 Å². The molecule has 0 atom stereocenters. The number of hydrazone groups is 1. The number of amides is 1. The second-order valence-electron chi connectivity index (χ2n) is 7.58. The first kappa shape index (κ1) is 25.7. The predicted octanol–water partition coefficient (Wildman–Crippen LogP) is 3.60. The first-order valence-electron chi connectivity index (χ1n) is 11.0. The number of ether oxygens (including phenoxy) is 1. The normalized spacial score (nSPS) is 11.4. The molecule has 0 aliphatic carbocycles. The molecule has 0 bridgehead atoms. The SMILES string of the molecule is CCOC(=O)c1ccc(-c2ccc(/C=N\NC(=O)CN(c3ccc(CC)cc3)S(C)(=O)=O)o2)cc1. The van der Waals surface area contributed by atoms with Gasteiger partial charge in [0.05, 0.1) is 30.3 Å². The number of carbonyl (C=O) groups excluding carboxylic acids is 2. The van der Waals surface area contributed by atoms with E-state index in [1.54, 1.807) is 55.5 Å². The number of nitrogens with one attached hydrogen (secondary N) is 1. The number of furan rings is 1. The van der Waals surface area contributed by atoms with Gasteiger partial charge in [0.1, 0.15) is 18.1 Å². The largest absolute Gasteiger partial charge is 0.462 e. The average molecular weight is 498 g/mol. The molecule has 0 spiro atoms. The molecular weight excluding hydrogens is 470 g/mol. The fourth-order valence-corrected chi connectivity index (χ4v) is 4.05. The fourth-order valence-electron chi connectivity index (χ4n) is 3.19. The average Bonchev–Trinajstić information content (AvgIpc) is 3.31. The molecule has 0 fully saturated rings. The molecule has 0 unspecified atom stereocenters. The molecule has 3 aromatic rings. The quantitative estimate of drug-likeness (QED) is 0.260. The van der Waals surface area contributed by atoms with Gasteiger partial charge in [-0.3, -0.25) is 9.10 Å². The predicted molar refractivity (Wildman–Crippen MR) is 134 cm³/mol. The molecule has 1 N–H and O–H groups in total. The number of carbonyl (C=O) groups is 2. The molecule has 0 radical (unpaired) electrons. The van der Waals surface area contributed by atoms with Gasteiger partial charge in [-0.25, -0.2) is 18.6 Å². The number of sulfonamides is 1. The molecule has 1 heterocycles. The molecule has 10 heteroatoms. The standard InChI is InChI=1S/C25H27N3O6S/c1-4-18-6-12-21(13-7-18)28(35(3,31)32)17-24(29)27-26-16-22-14-15-23(34-22)19-8-10-20(11-9-19)25(30)33-5-2/h6-16H,4-5,17H2,1-3H3,(H,27,29)/b26-16-. The summed E-state index contributed by atoms with van der Waals surface area (Å²) in [5.74, 6) is -0.0705. The lowest BCUT2D eigenvalue weighted by molar-refractivity contribution is -0.119. The molecule has 1 aromatic heterocycles. The van der Waals surface area contributed by atoms with E-state index in [1.165, 1.54) is 6.21 Å². The van der Waals surface area contributed by atoms with Crippen molar-refractivity contribution in [2.24, 2.45) is 5.10 Å². The van der Waals surface area contributed by atoms with Crippen molar-refractivity contribution in [3.8, 4) is 11.3 Å². The van der Waals surface area contributed by atoms with Crippen LogP contribution in [0.15, 0.2) is 70.2 Å². The van der Waals surface area contributed by atoms with Crippen molar-refractivity contribution in [3.63, 3.8) is 0 Å². The Morgan fingerprint density at radius 2 is 1.71 bits per heavy atom. The van der Waals surface area contributed by atoms with E-state index in [0.717, 1.165) is 28.1 Å². The van der Waals surface area contributed by atoms with Crippen molar-refractivity contribution in [1.29, 1.82) is 0 Å².